The molecule has 0 saturated carbocycles. The fraction of sp³-hybridized carbons (Fsp3) is 0.100. The Morgan fingerprint density at radius 1 is 1.44 bits per heavy atom. The van der Waals surface area contributed by atoms with Crippen LogP contribution in [0, 0.1) is 0 Å². The van der Waals surface area contributed by atoms with Crippen molar-refractivity contribution in [3.63, 3.8) is 0 Å². The number of H-pyrrole nitrogens is 1. The van der Waals surface area contributed by atoms with Crippen molar-refractivity contribution in [1.82, 2.24) is 19.9 Å². The number of anilines is 1. The van der Waals surface area contributed by atoms with Gasteiger partial charge >= 0.3 is 0 Å². The summed E-state index contributed by atoms with van der Waals surface area (Å²) in [6, 6.07) is 2.06. The Balaban J connectivity index is 1.87. The number of nitrogens with one attached hydrogen (secondary N) is 2. The van der Waals surface area contributed by atoms with Crippen molar-refractivity contribution < 1.29 is 0 Å². The highest BCUT2D eigenvalue weighted by molar-refractivity contribution is 9.11. The van der Waals surface area contributed by atoms with Crippen LogP contribution in [0.15, 0.2) is 21.6 Å². The first kappa shape index (κ1) is 11.9. The summed E-state index contributed by atoms with van der Waals surface area (Å²) in [6.07, 6.45) is 1.57. The van der Waals surface area contributed by atoms with E-state index in [-0.39, 0.29) is 5.28 Å². The molecule has 0 unspecified atom stereocenters. The monoisotopic (exact) mass is 343 g/mol. The summed E-state index contributed by atoms with van der Waals surface area (Å²) in [5.41, 5.74) is 2.49. The second-order valence-corrected chi connectivity index (χ2v) is 6.18. The Bertz CT molecular complexity index is 694. The Labute approximate surface area is 120 Å². The number of hydrogen-bond acceptors (Lipinski definition) is 5. The summed E-state index contributed by atoms with van der Waals surface area (Å²) < 4.78 is 1.10. The molecule has 0 aliphatic rings. The number of nitrogens with zero attached hydrogens (tertiary/aromatic N) is 3. The molecule has 3 rings (SSSR count). The van der Waals surface area contributed by atoms with Gasteiger partial charge in [0.1, 0.15) is 5.52 Å². The van der Waals surface area contributed by atoms with Gasteiger partial charge in [0.2, 0.25) is 5.28 Å². The van der Waals surface area contributed by atoms with Crippen LogP contribution < -0.4 is 5.32 Å². The Morgan fingerprint density at radius 3 is 3.11 bits per heavy atom. The number of aromatic amines is 1. The van der Waals surface area contributed by atoms with E-state index in [9.17, 15) is 0 Å². The minimum atomic E-state index is 0.184. The van der Waals surface area contributed by atoms with Gasteiger partial charge in [0.25, 0.3) is 0 Å². The fourth-order valence-corrected chi connectivity index (χ4v) is 2.93. The summed E-state index contributed by atoms with van der Waals surface area (Å²) >= 11 is 10.9. The number of thiophene rings is 1. The summed E-state index contributed by atoms with van der Waals surface area (Å²) in [5, 5.41) is 5.48. The largest absolute Gasteiger partial charge is 0.364 e. The van der Waals surface area contributed by atoms with Crippen LogP contribution in [0.25, 0.3) is 11.2 Å². The second kappa shape index (κ2) is 4.83. The van der Waals surface area contributed by atoms with Crippen molar-refractivity contribution in [2.75, 3.05) is 5.32 Å². The molecule has 3 aromatic rings. The first-order valence-corrected chi connectivity index (χ1v) is 7.11. The molecular formula is C10H7BrClN5S. The first-order valence-electron chi connectivity index (χ1n) is 5.06. The maximum Gasteiger partial charge on any atom is 0.226 e. The van der Waals surface area contributed by atoms with Crippen molar-refractivity contribution >= 4 is 55.8 Å². The van der Waals surface area contributed by atoms with Crippen molar-refractivity contribution in [2.45, 2.75) is 6.54 Å². The molecule has 0 aliphatic carbocycles. The maximum atomic E-state index is 5.85. The number of hydrogen-bond donors (Lipinski definition) is 2. The average molecular weight is 345 g/mol. The number of imidazole rings is 1. The highest BCUT2D eigenvalue weighted by Gasteiger charge is 2.08. The van der Waals surface area contributed by atoms with Gasteiger partial charge in [-0.25, -0.2) is 4.98 Å². The predicted octanol–water partition coefficient (Wildman–Crippen LogP) is 3.44. The fourth-order valence-electron chi connectivity index (χ4n) is 1.56. The van der Waals surface area contributed by atoms with Crippen LogP contribution in [0.4, 0.5) is 5.82 Å². The number of rotatable bonds is 3. The molecule has 0 saturated heterocycles. The number of aromatic nitrogens is 4. The van der Waals surface area contributed by atoms with Gasteiger partial charge in [-0.15, -0.1) is 11.3 Å². The highest BCUT2D eigenvalue weighted by Crippen LogP contribution is 2.23. The van der Waals surface area contributed by atoms with Crippen LogP contribution in [0.2, 0.25) is 5.28 Å². The van der Waals surface area contributed by atoms with Gasteiger partial charge in [0, 0.05) is 6.54 Å². The van der Waals surface area contributed by atoms with Crippen molar-refractivity contribution in [1.29, 1.82) is 0 Å². The van der Waals surface area contributed by atoms with E-state index in [1.807, 2.05) is 0 Å². The number of fused-ring (bicyclic) bond motifs is 1. The van der Waals surface area contributed by atoms with E-state index in [0.717, 1.165) is 9.30 Å². The molecule has 2 N–H and O–H groups in total. The van der Waals surface area contributed by atoms with Crippen LogP contribution >= 0.6 is 38.9 Å². The van der Waals surface area contributed by atoms with Gasteiger partial charge in [-0.05, 0) is 44.5 Å². The topological polar surface area (TPSA) is 66.5 Å². The molecule has 3 heterocycles. The molecular weight excluding hydrogens is 338 g/mol. The maximum absolute atomic E-state index is 5.85. The molecule has 0 spiro atoms. The van der Waals surface area contributed by atoms with E-state index in [1.54, 1.807) is 17.7 Å². The lowest BCUT2D eigenvalue weighted by Crippen LogP contribution is -2.02. The van der Waals surface area contributed by atoms with Crippen LogP contribution in [0.3, 0.4) is 0 Å². The first-order chi connectivity index (χ1) is 8.72. The minimum Gasteiger partial charge on any atom is -0.364 e. The van der Waals surface area contributed by atoms with E-state index in [4.69, 9.17) is 11.6 Å². The van der Waals surface area contributed by atoms with E-state index in [2.05, 4.69) is 52.6 Å². The van der Waals surface area contributed by atoms with Crippen LogP contribution in [0.5, 0.6) is 0 Å². The molecule has 0 aliphatic heterocycles. The number of halogens is 2. The summed E-state index contributed by atoms with van der Waals surface area (Å²) in [4.78, 5) is 15.2. The van der Waals surface area contributed by atoms with E-state index >= 15 is 0 Å². The molecule has 3 aromatic heterocycles. The summed E-state index contributed by atoms with van der Waals surface area (Å²) in [6.45, 7) is 0.670. The van der Waals surface area contributed by atoms with Crippen molar-refractivity contribution in [3.05, 3.63) is 32.4 Å². The van der Waals surface area contributed by atoms with Gasteiger partial charge in [-0.2, -0.15) is 9.97 Å². The van der Waals surface area contributed by atoms with Crippen LogP contribution in [-0.2, 0) is 6.54 Å². The standard InChI is InChI=1S/C10H7BrClN5S/c11-6-1-5(3-18-6)2-13-8-7-9(15-4-14-7)17-10(12)16-8/h1,3-4H,2H2,(H2,13,14,15,16,17). The average Bonchev–Trinajstić information content (AvgIpc) is 2.94. The smallest absolute Gasteiger partial charge is 0.226 e. The van der Waals surface area contributed by atoms with Gasteiger partial charge in [0.15, 0.2) is 11.5 Å². The molecule has 0 atom stereocenters. The second-order valence-electron chi connectivity index (χ2n) is 3.56. The Morgan fingerprint density at radius 2 is 2.33 bits per heavy atom. The highest BCUT2D eigenvalue weighted by atomic mass is 79.9. The van der Waals surface area contributed by atoms with Crippen molar-refractivity contribution in [3.8, 4) is 0 Å². The zero-order valence-corrected chi connectivity index (χ0v) is 12.1. The minimum absolute atomic E-state index is 0.184. The summed E-state index contributed by atoms with van der Waals surface area (Å²) in [7, 11) is 0. The SMILES string of the molecule is Clc1nc(NCc2csc(Br)c2)c2[nH]cnc2n1. The van der Waals surface area contributed by atoms with Crippen LogP contribution in [0.1, 0.15) is 5.56 Å². The van der Waals surface area contributed by atoms with E-state index in [1.165, 1.54) is 5.56 Å². The predicted molar refractivity (Wildman–Crippen MR) is 76.0 cm³/mol. The lowest BCUT2D eigenvalue weighted by molar-refractivity contribution is 1.10. The van der Waals surface area contributed by atoms with E-state index < -0.39 is 0 Å². The molecule has 92 valence electrons. The molecule has 5 nitrogen and oxygen atoms in total. The third-order valence-electron chi connectivity index (χ3n) is 2.34. The van der Waals surface area contributed by atoms with Gasteiger partial charge in [-0.1, -0.05) is 0 Å². The molecule has 0 radical (unpaired) electrons. The molecule has 8 heteroatoms. The third-order valence-corrected chi connectivity index (χ3v) is 4.06. The molecule has 0 bridgehead atoms. The van der Waals surface area contributed by atoms with Crippen molar-refractivity contribution in [2.24, 2.45) is 0 Å². The quantitative estimate of drug-likeness (QED) is 0.714. The van der Waals surface area contributed by atoms with Gasteiger partial charge in [-0.3, -0.25) is 0 Å². The van der Waals surface area contributed by atoms with Gasteiger partial charge in [0.05, 0.1) is 10.1 Å². The normalized spacial score (nSPS) is 11.0. The van der Waals surface area contributed by atoms with Crippen LogP contribution in [-0.4, -0.2) is 19.9 Å². The lowest BCUT2D eigenvalue weighted by atomic mass is 10.3. The third kappa shape index (κ3) is 2.33. The molecule has 0 aromatic carbocycles. The molecule has 18 heavy (non-hydrogen) atoms. The van der Waals surface area contributed by atoms with Gasteiger partial charge < -0.3 is 10.3 Å². The Kier molecular flexibility index (Phi) is 3.19. The summed E-state index contributed by atoms with van der Waals surface area (Å²) in [5.74, 6) is 0.657. The lowest BCUT2D eigenvalue weighted by Gasteiger charge is -2.04. The van der Waals surface area contributed by atoms with E-state index in [0.29, 0.717) is 18.0 Å². The zero-order valence-electron chi connectivity index (χ0n) is 8.94. The molecule has 0 amide bonds. The molecule has 0 fully saturated rings. The zero-order chi connectivity index (χ0) is 12.5. The Hall–Kier alpha value is -1.18.